The summed E-state index contributed by atoms with van der Waals surface area (Å²) in [6.45, 7) is 9.93. The third-order valence-electron chi connectivity index (χ3n) is 24.7. The van der Waals surface area contributed by atoms with Crippen molar-refractivity contribution >= 4 is 136 Å². The van der Waals surface area contributed by atoms with Gasteiger partial charge in [-0.15, -0.1) is 0 Å². The first kappa shape index (κ1) is 128. The number of hydrogen-bond acceptors (Lipinski definition) is 32. The van der Waals surface area contributed by atoms with Gasteiger partial charge in [0, 0.05) is 32.5 Å². The van der Waals surface area contributed by atoms with Gasteiger partial charge in [-0.05, 0) is 158 Å². The Balaban J connectivity index is 1.90. The smallest absolute Gasteiger partial charge is 0.328 e. The average Bonchev–Trinajstić information content (AvgIpc) is 1.38. The molecule has 0 radical (unpaired) electrons. The first-order valence-electron chi connectivity index (χ1n) is 49.4. The number of amides is 21. The number of carbonyl (C=O) groups is 22. The van der Waals surface area contributed by atoms with Gasteiger partial charge >= 0.3 is 5.97 Å². The van der Waals surface area contributed by atoms with Gasteiger partial charge in [-0.1, -0.05) is 80.4 Å². The maximum atomic E-state index is 15.0. The van der Waals surface area contributed by atoms with Crippen LogP contribution < -0.4 is 130 Å². The van der Waals surface area contributed by atoms with E-state index in [-0.39, 0.29) is 109 Å². The molecule has 1 aromatic carbocycles. The van der Waals surface area contributed by atoms with E-state index in [4.69, 9.17) is 39.8 Å². The number of aliphatic hydroxyl groups is 5. The largest absolute Gasteiger partial charge is 0.508 e. The number of likely N-dealkylation sites (tertiary alicyclic amines) is 2. The fourth-order valence-electron chi connectivity index (χ4n) is 15.7. The van der Waals surface area contributed by atoms with Crippen LogP contribution in [0.4, 0.5) is 0 Å². The Kier molecular flexibility index (Phi) is 57.1. The fraction of sp³-hybridized carbons (Fsp3) is 0.685. The number of aliphatic hydroxyl groups excluding tert-OH is 5. The van der Waals surface area contributed by atoms with Gasteiger partial charge in [0.25, 0.3) is 0 Å². The second kappa shape index (κ2) is 65.8. The van der Waals surface area contributed by atoms with Gasteiger partial charge in [-0.3, -0.25) is 106 Å². The molecule has 0 bridgehead atoms. The second-order valence-corrected chi connectivity index (χ2v) is 37.3. The van der Waals surface area contributed by atoms with Crippen molar-refractivity contribution in [2.45, 2.75) is 306 Å². The molecule has 0 saturated carbocycles. The molecule has 1 aromatic rings. The Morgan fingerprint density at radius 1 is 0.405 bits per heavy atom. The van der Waals surface area contributed by atoms with E-state index in [2.05, 4.69) is 95.7 Å². The molecule has 832 valence electrons. The summed E-state index contributed by atoms with van der Waals surface area (Å²) in [5.74, 6) is -26.7. The van der Waals surface area contributed by atoms with Crippen LogP contribution in [0, 0.1) is 29.1 Å². The number of unbranched alkanes of at least 4 members (excludes halogenated alkanes) is 2. The standard InChI is InChI=1S/C92H155N27O29/c1-11-47(7)71(115-82(138)57(36-45(3)4)108-88(144)73(50(10)124)117-79(135)54(21-14-16-32-94)106-84(140)64-23-18-34-118(64)89(145)62(43-122)112-77(133)53(20-13-15-31-93)103-68(128)39-95)86(142)109-58(37-51-25-27-52(125)28-26-51)80(136)104-55(22-17-33-100-92(98)99)76(132)102-49(9)74(130)107-59(38-67(97)127)81(137)105-56(29-30-66(96)126)78(134)110-61(42-121)83(139)116-72(48(8)12-2)87(143)111-60(41-120)75(131)101-40-69(129)114-70(46(5)6)90(146)119-35-19-24-65(119)85(141)113-63(44-123)91(147)148/h25-28,45-50,53-65,70-73,120-125H,11-24,29-44,93-95H2,1-10H3,(H2,96,126)(H2,97,127)(H,101,131)(H,102,132)(H,103,128)(H,104,136)(H,105,137)(H,106,140)(H,107,130)(H,108,144)(H,109,142)(H,110,134)(H,111,143)(H,112,133)(H,113,141)(H,114,129)(H,115,138)(H,116,139)(H,117,135)(H,147,148)(H4,98,99,100)/t47-,48-,49-,50+,53-,54-,55-,56-,57-,58-,59-,60-,61-,62-,63-,64-,65-,70-,71-,72-,73-/m0/s1. The van der Waals surface area contributed by atoms with Crippen molar-refractivity contribution in [3.05, 3.63) is 29.8 Å². The molecular formula is C92H155N27O29. The Labute approximate surface area is 856 Å². The first-order chi connectivity index (χ1) is 69.8. The minimum Gasteiger partial charge on any atom is -0.508 e. The van der Waals surface area contributed by atoms with Crippen LogP contribution >= 0.6 is 0 Å². The number of benzene rings is 1. The van der Waals surface area contributed by atoms with E-state index in [9.17, 15) is 132 Å². The molecule has 0 spiro atoms. The molecule has 0 aliphatic carbocycles. The van der Waals surface area contributed by atoms with Crippen LogP contribution in [0.3, 0.4) is 0 Å². The van der Waals surface area contributed by atoms with Crippen molar-refractivity contribution in [2.24, 2.45) is 58.1 Å². The number of rotatable bonds is 68. The molecule has 2 aliphatic heterocycles. The number of aromatic hydroxyl groups is 1. The predicted molar refractivity (Wildman–Crippen MR) is 528 cm³/mol. The van der Waals surface area contributed by atoms with Gasteiger partial charge in [0.15, 0.2) is 5.96 Å². The summed E-state index contributed by atoms with van der Waals surface area (Å²) in [6, 6.07) is -23.7. The number of carbonyl (C=O) groups excluding carboxylic acids is 21. The van der Waals surface area contributed by atoms with Crippen LogP contribution in [0.25, 0.3) is 0 Å². The Bertz CT molecular complexity index is 4670. The quantitative estimate of drug-likeness (QED) is 0.0164. The predicted octanol–water partition coefficient (Wildman–Crippen LogP) is -12.3. The lowest BCUT2D eigenvalue weighted by Crippen LogP contribution is -2.62. The summed E-state index contributed by atoms with van der Waals surface area (Å²) in [6.07, 6.45) is -2.44. The number of carboxylic acids is 1. The van der Waals surface area contributed by atoms with Crippen molar-refractivity contribution in [3.8, 4) is 5.75 Å². The van der Waals surface area contributed by atoms with Crippen LogP contribution in [0.5, 0.6) is 5.75 Å². The molecule has 2 aliphatic rings. The van der Waals surface area contributed by atoms with Gasteiger partial charge in [-0.2, -0.15) is 0 Å². The lowest BCUT2D eigenvalue weighted by atomic mass is 9.95. The first-order valence-corrected chi connectivity index (χ1v) is 49.4. The maximum Gasteiger partial charge on any atom is 0.328 e. The highest BCUT2D eigenvalue weighted by Crippen LogP contribution is 2.24. The molecule has 2 heterocycles. The third kappa shape index (κ3) is 43.4. The van der Waals surface area contributed by atoms with E-state index in [0.29, 0.717) is 31.2 Å². The number of phenolic OH excluding ortho intramolecular Hbond substituents is 1. The number of guanidine groups is 1. The number of hydrogen-bond donors (Lipinski definition) is 32. The van der Waals surface area contributed by atoms with E-state index in [1.54, 1.807) is 48.5 Å². The summed E-state index contributed by atoms with van der Waals surface area (Å²) < 4.78 is 0. The van der Waals surface area contributed by atoms with E-state index in [1.807, 2.05) is 0 Å². The molecule has 3 rings (SSSR count). The Morgan fingerprint density at radius 2 is 0.811 bits per heavy atom. The van der Waals surface area contributed by atoms with Gasteiger partial charge in [0.2, 0.25) is 124 Å². The van der Waals surface area contributed by atoms with Crippen molar-refractivity contribution in [1.29, 1.82) is 5.41 Å². The van der Waals surface area contributed by atoms with Crippen LogP contribution in [-0.4, -0.2) is 369 Å². The molecule has 21 amide bonds. The molecule has 2 saturated heterocycles. The monoisotopic (exact) mass is 2100 g/mol. The van der Waals surface area contributed by atoms with E-state index in [1.165, 1.54) is 31.2 Å². The van der Waals surface area contributed by atoms with E-state index < -0.39 is 340 Å². The minimum atomic E-state index is -2.04. The van der Waals surface area contributed by atoms with E-state index in [0.717, 1.165) is 23.6 Å². The van der Waals surface area contributed by atoms with Gasteiger partial charge in [-0.25, -0.2) is 4.79 Å². The average molecular weight is 2100 g/mol. The van der Waals surface area contributed by atoms with Crippen molar-refractivity contribution < 1.29 is 141 Å². The molecule has 56 nitrogen and oxygen atoms in total. The zero-order valence-corrected chi connectivity index (χ0v) is 85.3. The Morgan fingerprint density at radius 3 is 1.28 bits per heavy atom. The van der Waals surface area contributed by atoms with Crippen molar-refractivity contribution in [3.63, 3.8) is 0 Å². The number of nitrogens with zero attached hydrogens (tertiary/aromatic N) is 2. The molecule has 0 aromatic heterocycles. The summed E-state index contributed by atoms with van der Waals surface area (Å²) in [5, 5.41) is 123. The van der Waals surface area contributed by atoms with E-state index >= 15 is 9.59 Å². The molecule has 148 heavy (non-hydrogen) atoms. The van der Waals surface area contributed by atoms with Gasteiger partial charge in [0.1, 0.15) is 115 Å². The third-order valence-corrected chi connectivity index (χ3v) is 24.7. The van der Waals surface area contributed by atoms with Crippen LogP contribution in [-0.2, 0) is 112 Å². The summed E-state index contributed by atoms with van der Waals surface area (Å²) in [5.41, 5.74) is 33.7. The summed E-state index contributed by atoms with van der Waals surface area (Å²) in [4.78, 5) is 306. The SMILES string of the molecule is CC[C@H](C)[C@H](NC(=O)[C@H](CO)NC(=O)[C@H](CCC(N)=O)NC(=O)[C@H](CC(N)=O)NC(=O)[C@H](C)NC(=O)[C@H](CCCNC(=N)N)NC(=O)[C@H](Cc1ccc(O)cc1)NC(=O)[C@@H](NC(=O)[C@H](CC(C)C)NC(=O)[C@@H](NC(=O)[C@H](CCCCN)NC(=O)[C@@H]1CCCN1C(=O)[C@H](CO)NC(=O)[C@H](CCCCN)NC(=O)CN)[C@@H](C)O)[C@@H](C)CC)C(=O)N[C@@H](CO)C(=O)NCC(=O)N[C@H](C(=O)N1CCC[C@H]1C(=O)N[C@@H](CO)C(=O)O)C(C)C. The Hall–Kier alpha value is -13.7. The number of aliphatic carboxylic acids is 1. The number of carboxylic acid groups (broad SMARTS) is 1. The summed E-state index contributed by atoms with van der Waals surface area (Å²) in [7, 11) is 0. The number of nitrogens with one attached hydrogen (secondary N) is 19. The highest BCUT2D eigenvalue weighted by atomic mass is 16.4. The van der Waals surface area contributed by atoms with Crippen LogP contribution in [0.15, 0.2) is 24.3 Å². The van der Waals surface area contributed by atoms with Crippen LogP contribution in [0.1, 0.15) is 190 Å². The van der Waals surface area contributed by atoms with Gasteiger partial charge in [0.05, 0.1) is 52.0 Å². The molecule has 21 atom stereocenters. The lowest BCUT2D eigenvalue weighted by Gasteiger charge is -2.31. The number of nitrogens with two attached hydrogens (primary N) is 6. The van der Waals surface area contributed by atoms with Gasteiger partial charge < -0.3 is 176 Å². The normalized spacial score (nSPS) is 17.1. The molecule has 2 fully saturated rings. The van der Waals surface area contributed by atoms with Crippen molar-refractivity contribution in [2.75, 3.05) is 72.2 Å². The highest BCUT2D eigenvalue weighted by Gasteiger charge is 2.45. The maximum absolute atomic E-state index is 15.0. The van der Waals surface area contributed by atoms with Crippen LogP contribution in [0.2, 0.25) is 0 Å². The number of phenols is 1. The van der Waals surface area contributed by atoms with Crippen molar-refractivity contribution in [1.82, 2.24) is 106 Å². The number of primary amides is 2. The lowest BCUT2D eigenvalue weighted by molar-refractivity contribution is -0.146. The zero-order chi connectivity index (χ0) is 112. The second-order valence-electron chi connectivity index (χ2n) is 37.3. The minimum absolute atomic E-state index is 0.0204. The topological polar surface area (TPSA) is 920 Å². The molecule has 0 unspecified atom stereocenters. The fourth-order valence-corrected chi connectivity index (χ4v) is 15.7. The molecular weight excluding hydrogens is 1950 g/mol. The molecule has 38 N–H and O–H groups in total. The summed E-state index contributed by atoms with van der Waals surface area (Å²) >= 11 is 0. The zero-order valence-electron chi connectivity index (χ0n) is 85.3. The highest BCUT2D eigenvalue weighted by molar-refractivity contribution is 6.03. The molecule has 56 heteroatoms.